The zero-order valence-electron chi connectivity index (χ0n) is 11.4. The third kappa shape index (κ3) is 3.40. The standard InChI is InChI=1S/C13H23N3O2.ClH/c17-12(16-5-7-18-8-6-16)9-15-4-2-13(11-15)1-3-14-10-13;/h14H,1-11H2;1H. The lowest BCUT2D eigenvalue weighted by Gasteiger charge is -2.29. The number of likely N-dealkylation sites (tertiary alicyclic amines) is 1. The number of nitrogens with one attached hydrogen (secondary N) is 1. The van der Waals surface area contributed by atoms with Gasteiger partial charge in [-0.25, -0.2) is 0 Å². The minimum absolute atomic E-state index is 0. The summed E-state index contributed by atoms with van der Waals surface area (Å²) in [4.78, 5) is 16.5. The molecule has 0 radical (unpaired) electrons. The van der Waals surface area contributed by atoms with Gasteiger partial charge in [0.25, 0.3) is 0 Å². The van der Waals surface area contributed by atoms with Crippen LogP contribution < -0.4 is 5.32 Å². The topological polar surface area (TPSA) is 44.8 Å². The molecule has 0 aromatic rings. The van der Waals surface area contributed by atoms with Crippen LogP contribution in [0.2, 0.25) is 0 Å². The van der Waals surface area contributed by atoms with Crippen molar-refractivity contribution in [1.29, 1.82) is 0 Å². The minimum Gasteiger partial charge on any atom is -0.378 e. The van der Waals surface area contributed by atoms with E-state index in [2.05, 4.69) is 10.2 Å². The van der Waals surface area contributed by atoms with Crippen LogP contribution >= 0.6 is 12.4 Å². The summed E-state index contributed by atoms with van der Waals surface area (Å²) in [7, 11) is 0. The van der Waals surface area contributed by atoms with Gasteiger partial charge in [-0.3, -0.25) is 9.69 Å². The second-order valence-electron chi connectivity index (χ2n) is 5.88. The zero-order chi connectivity index (χ0) is 12.4. The van der Waals surface area contributed by atoms with Gasteiger partial charge in [-0.1, -0.05) is 0 Å². The van der Waals surface area contributed by atoms with Crippen molar-refractivity contribution in [3.8, 4) is 0 Å². The number of morpholine rings is 1. The normalized spacial score (nSPS) is 31.7. The molecule has 0 saturated carbocycles. The summed E-state index contributed by atoms with van der Waals surface area (Å²) >= 11 is 0. The Bertz CT molecular complexity index is 315. The van der Waals surface area contributed by atoms with Gasteiger partial charge in [0.15, 0.2) is 0 Å². The Morgan fingerprint density at radius 3 is 2.68 bits per heavy atom. The fourth-order valence-corrected chi connectivity index (χ4v) is 3.41. The van der Waals surface area contributed by atoms with E-state index in [9.17, 15) is 4.79 Å². The van der Waals surface area contributed by atoms with Gasteiger partial charge in [0.2, 0.25) is 5.91 Å². The molecule has 1 N–H and O–H groups in total. The summed E-state index contributed by atoms with van der Waals surface area (Å²) in [6.45, 7) is 7.97. The van der Waals surface area contributed by atoms with E-state index in [0.29, 0.717) is 25.2 Å². The van der Waals surface area contributed by atoms with Gasteiger partial charge in [0.05, 0.1) is 19.8 Å². The SMILES string of the molecule is Cl.O=C(CN1CCC2(CCNC2)C1)N1CCOCC1. The lowest BCUT2D eigenvalue weighted by molar-refractivity contribution is -0.136. The average molecular weight is 290 g/mol. The molecule has 6 heteroatoms. The second kappa shape index (κ2) is 6.39. The van der Waals surface area contributed by atoms with Crippen LogP contribution in [0.3, 0.4) is 0 Å². The predicted molar refractivity (Wildman–Crippen MR) is 75.6 cm³/mol. The van der Waals surface area contributed by atoms with Crippen LogP contribution in [0.1, 0.15) is 12.8 Å². The zero-order valence-corrected chi connectivity index (χ0v) is 12.2. The highest BCUT2D eigenvalue weighted by atomic mass is 35.5. The minimum atomic E-state index is 0. The molecule has 3 saturated heterocycles. The van der Waals surface area contributed by atoms with E-state index < -0.39 is 0 Å². The fraction of sp³-hybridized carbons (Fsp3) is 0.923. The van der Waals surface area contributed by atoms with Gasteiger partial charge >= 0.3 is 0 Å². The predicted octanol–water partition coefficient (Wildman–Crippen LogP) is -0.0476. The maximum Gasteiger partial charge on any atom is 0.236 e. The monoisotopic (exact) mass is 289 g/mol. The lowest BCUT2D eigenvalue weighted by Crippen LogP contribution is -2.45. The van der Waals surface area contributed by atoms with Gasteiger partial charge in [-0.2, -0.15) is 0 Å². The first-order valence-corrected chi connectivity index (χ1v) is 7.06. The number of ether oxygens (including phenoxy) is 1. The highest BCUT2D eigenvalue weighted by Gasteiger charge is 2.40. The molecule has 0 aliphatic carbocycles. The molecule has 3 rings (SSSR count). The highest BCUT2D eigenvalue weighted by molar-refractivity contribution is 5.85. The first-order valence-electron chi connectivity index (χ1n) is 7.06. The summed E-state index contributed by atoms with van der Waals surface area (Å²) in [5.74, 6) is 0.279. The van der Waals surface area contributed by atoms with Crippen molar-refractivity contribution in [2.75, 3.05) is 59.0 Å². The van der Waals surface area contributed by atoms with Gasteiger partial charge in [-0.05, 0) is 31.3 Å². The Hall–Kier alpha value is -0.360. The molecule has 5 nitrogen and oxygen atoms in total. The van der Waals surface area contributed by atoms with Crippen LogP contribution in [-0.4, -0.2) is 74.7 Å². The summed E-state index contributed by atoms with van der Waals surface area (Å²) in [5, 5.41) is 3.45. The van der Waals surface area contributed by atoms with E-state index in [1.165, 1.54) is 12.8 Å². The van der Waals surface area contributed by atoms with E-state index >= 15 is 0 Å². The summed E-state index contributed by atoms with van der Waals surface area (Å²) < 4.78 is 5.28. The Morgan fingerprint density at radius 2 is 2.00 bits per heavy atom. The number of hydrogen-bond donors (Lipinski definition) is 1. The molecule has 3 aliphatic rings. The van der Waals surface area contributed by atoms with Crippen LogP contribution in [0, 0.1) is 5.41 Å². The largest absolute Gasteiger partial charge is 0.378 e. The van der Waals surface area contributed by atoms with Gasteiger partial charge < -0.3 is 15.0 Å². The molecule has 3 fully saturated rings. The van der Waals surface area contributed by atoms with E-state index in [0.717, 1.165) is 39.3 Å². The van der Waals surface area contributed by atoms with Crippen LogP contribution in [-0.2, 0) is 9.53 Å². The highest BCUT2D eigenvalue weighted by Crippen LogP contribution is 2.35. The van der Waals surface area contributed by atoms with E-state index in [-0.39, 0.29) is 18.3 Å². The van der Waals surface area contributed by atoms with Crippen LogP contribution in [0.25, 0.3) is 0 Å². The molecule has 0 bridgehead atoms. The van der Waals surface area contributed by atoms with Crippen molar-refractivity contribution in [3.05, 3.63) is 0 Å². The number of amides is 1. The second-order valence-corrected chi connectivity index (χ2v) is 5.88. The third-order valence-electron chi connectivity index (χ3n) is 4.57. The Morgan fingerprint density at radius 1 is 1.21 bits per heavy atom. The van der Waals surface area contributed by atoms with Crippen molar-refractivity contribution in [3.63, 3.8) is 0 Å². The Balaban J connectivity index is 0.00000133. The van der Waals surface area contributed by atoms with Crippen molar-refractivity contribution in [2.24, 2.45) is 5.41 Å². The third-order valence-corrected chi connectivity index (χ3v) is 4.57. The van der Waals surface area contributed by atoms with Crippen molar-refractivity contribution < 1.29 is 9.53 Å². The van der Waals surface area contributed by atoms with Crippen LogP contribution in [0.5, 0.6) is 0 Å². The molecule has 110 valence electrons. The first kappa shape index (κ1) is 15.0. The number of carbonyl (C=O) groups excluding carboxylic acids is 1. The molecule has 1 atom stereocenters. The summed E-state index contributed by atoms with van der Waals surface area (Å²) in [5.41, 5.74) is 0.464. The quantitative estimate of drug-likeness (QED) is 0.774. The van der Waals surface area contributed by atoms with Crippen molar-refractivity contribution >= 4 is 18.3 Å². The average Bonchev–Trinajstić information content (AvgIpc) is 3.02. The van der Waals surface area contributed by atoms with Crippen molar-refractivity contribution in [2.45, 2.75) is 12.8 Å². The molecule has 3 heterocycles. The maximum atomic E-state index is 12.2. The molecule has 19 heavy (non-hydrogen) atoms. The van der Waals surface area contributed by atoms with Gasteiger partial charge in [0.1, 0.15) is 0 Å². The smallest absolute Gasteiger partial charge is 0.236 e. The lowest BCUT2D eigenvalue weighted by atomic mass is 9.87. The Kier molecular flexibility index (Phi) is 5.06. The summed E-state index contributed by atoms with van der Waals surface area (Å²) in [6.07, 6.45) is 2.52. The van der Waals surface area contributed by atoms with Crippen LogP contribution in [0.4, 0.5) is 0 Å². The molecule has 1 unspecified atom stereocenters. The van der Waals surface area contributed by atoms with Gasteiger partial charge in [0, 0.05) is 26.2 Å². The van der Waals surface area contributed by atoms with Crippen LogP contribution in [0.15, 0.2) is 0 Å². The molecule has 0 aromatic carbocycles. The Labute approximate surface area is 121 Å². The number of nitrogens with zero attached hydrogens (tertiary/aromatic N) is 2. The first-order chi connectivity index (χ1) is 8.77. The number of hydrogen-bond acceptors (Lipinski definition) is 4. The molecule has 3 aliphatic heterocycles. The maximum absolute atomic E-state index is 12.2. The molecule has 1 amide bonds. The molecule has 0 aromatic heterocycles. The molecular weight excluding hydrogens is 266 g/mol. The summed E-state index contributed by atoms with van der Waals surface area (Å²) in [6, 6.07) is 0. The van der Waals surface area contributed by atoms with Crippen molar-refractivity contribution in [1.82, 2.24) is 15.1 Å². The van der Waals surface area contributed by atoms with E-state index in [4.69, 9.17) is 4.74 Å². The van der Waals surface area contributed by atoms with Gasteiger partial charge in [-0.15, -0.1) is 12.4 Å². The number of rotatable bonds is 2. The van der Waals surface area contributed by atoms with E-state index in [1.54, 1.807) is 0 Å². The number of carbonyl (C=O) groups is 1. The van der Waals surface area contributed by atoms with E-state index in [1.807, 2.05) is 4.90 Å². The number of halogens is 1. The molecule has 1 spiro atoms. The fourth-order valence-electron chi connectivity index (χ4n) is 3.41. The molecular formula is C13H24ClN3O2.